The molecule has 0 aliphatic carbocycles. The summed E-state index contributed by atoms with van der Waals surface area (Å²) >= 11 is 1.41. The van der Waals surface area contributed by atoms with Crippen molar-refractivity contribution < 1.29 is 24.2 Å². The fraction of sp³-hybridized carbons (Fsp3) is 0.171. The average Bonchev–Trinajstić information content (AvgIpc) is 3.02. The molecule has 8 nitrogen and oxygen atoms in total. The number of hydrogen-bond acceptors (Lipinski definition) is 6. The van der Waals surface area contributed by atoms with Gasteiger partial charge in [0.2, 0.25) is 5.91 Å². The van der Waals surface area contributed by atoms with E-state index in [4.69, 9.17) is 4.74 Å². The molecule has 4 aromatic rings. The minimum absolute atomic E-state index is 0.000685. The van der Waals surface area contributed by atoms with Crippen LogP contribution in [0.3, 0.4) is 0 Å². The van der Waals surface area contributed by atoms with Crippen LogP contribution in [0.25, 0.3) is 6.08 Å². The quantitative estimate of drug-likeness (QED) is 0.108. The number of ether oxygens (including phenoxy) is 1. The zero-order valence-corrected chi connectivity index (χ0v) is 25.8. The maximum absolute atomic E-state index is 13.6. The predicted molar refractivity (Wildman–Crippen MR) is 176 cm³/mol. The number of anilines is 2. The Hall–Kier alpha value is -5.02. The van der Waals surface area contributed by atoms with Crippen molar-refractivity contribution >= 4 is 46.9 Å². The lowest BCUT2D eigenvalue weighted by molar-refractivity contribution is -0.116. The molecule has 0 aliphatic heterocycles. The van der Waals surface area contributed by atoms with Crippen LogP contribution in [-0.2, 0) is 9.59 Å². The molecule has 0 aromatic heterocycles. The predicted octanol–water partition coefficient (Wildman–Crippen LogP) is 6.94. The summed E-state index contributed by atoms with van der Waals surface area (Å²) in [6.45, 7) is 5.88. The Morgan fingerprint density at radius 3 is 2.27 bits per heavy atom. The number of phenols is 1. The zero-order chi connectivity index (χ0) is 31.6. The number of benzene rings is 4. The molecule has 0 radical (unpaired) electrons. The van der Waals surface area contributed by atoms with E-state index in [2.05, 4.69) is 16.0 Å². The van der Waals surface area contributed by atoms with Crippen molar-refractivity contribution in [3.05, 3.63) is 119 Å². The first-order chi connectivity index (χ1) is 21.2. The van der Waals surface area contributed by atoms with Crippen molar-refractivity contribution in [3.63, 3.8) is 0 Å². The molecule has 0 bridgehead atoms. The summed E-state index contributed by atoms with van der Waals surface area (Å²) in [7, 11) is 1.45. The van der Waals surface area contributed by atoms with E-state index < -0.39 is 11.8 Å². The molecule has 1 unspecified atom stereocenters. The van der Waals surface area contributed by atoms with E-state index in [0.29, 0.717) is 29.0 Å². The number of methoxy groups -OCH3 is 1. The van der Waals surface area contributed by atoms with E-state index in [9.17, 15) is 19.5 Å². The summed E-state index contributed by atoms with van der Waals surface area (Å²) < 4.78 is 5.36. The van der Waals surface area contributed by atoms with Crippen molar-refractivity contribution in [1.82, 2.24) is 5.32 Å². The molecule has 0 spiro atoms. The van der Waals surface area contributed by atoms with E-state index in [0.717, 1.165) is 21.7 Å². The van der Waals surface area contributed by atoms with Gasteiger partial charge in [-0.2, -0.15) is 0 Å². The van der Waals surface area contributed by atoms with Gasteiger partial charge in [0.1, 0.15) is 17.2 Å². The highest BCUT2D eigenvalue weighted by molar-refractivity contribution is 8.00. The van der Waals surface area contributed by atoms with Crippen LogP contribution in [0, 0.1) is 13.8 Å². The van der Waals surface area contributed by atoms with Gasteiger partial charge in [-0.1, -0.05) is 49.4 Å². The lowest BCUT2D eigenvalue weighted by atomic mass is 10.1. The summed E-state index contributed by atoms with van der Waals surface area (Å²) in [5.41, 5.74) is 4.13. The van der Waals surface area contributed by atoms with Crippen molar-refractivity contribution in [2.24, 2.45) is 0 Å². The van der Waals surface area contributed by atoms with Gasteiger partial charge >= 0.3 is 0 Å². The number of aromatic hydroxyl groups is 1. The highest BCUT2D eigenvalue weighted by Crippen LogP contribution is 2.30. The number of aryl methyl sites for hydroxylation is 2. The summed E-state index contributed by atoms with van der Waals surface area (Å²) in [5.74, 6) is -0.796. The Labute approximate surface area is 261 Å². The molecule has 4 N–H and O–H groups in total. The second kappa shape index (κ2) is 14.9. The Kier molecular flexibility index (Phi) is 10.8. The molecule has 0 saturated heterocycles. The molecule has 9 heteroatoms. The van der Waals surface area contributed by atoms with Gasteiger partial charge in [0.05, 0.1) is 12.4 Å². The Morgan fingerprint density at radius 1 is 0.886 bits per heavy atom. The second-order valence-corrected chi connectivity index (χ2v) is 11.3. The normalized spacial score (nSPS) is 11.8. The van der Waals surface area contributed by atoms with Crippen LogP contribution in [0.1, 0.15) is 40.4 Å². The van der Waals surface area contributed by atoms with Gasteiger partial charge in [-0.05, 0) is 79.9 Å². The van der Waals surface area contributed by atoms with Gasteiger partial charge in [-0.25, -0.2) is 0 Å². The first kappa shape index (κ1) is 31.9. The maximum Gasteiger partial charge on any atom is 0.272 e. The number of thioether (sulfide) groups is 1. The molecule has 4 aromatic carbocycles. The third kappa shape index (κ3) is 8.29. The SMILES string of the molecule is CCC(Sc1cccc(NC(=O)/C(=C\c2ccc(O)cc2OC)NC(=O)c2ccccc2)c1)C(=O)Nc1c(C)cccc1C. The Bertz CT molecular complexity index is 1670. The minimum Gasteiger partial charge on any atom is -0.508 e. The van der Waals surface area contributed by atoms with Crippen LogP contribution in [0.5, 0.6) is 11.5 Å². The van der Waals surface area contributed by atoms with Gasteiger partial charge in [-0.3, -0.25) is 14.4 Å². The van der Waals surface area contributed by atoms with Crippen LogP contribution in [-0.4, -0.2) is 35.2 Å². The highest BCUT2D eigenvalue weighted by atomic mass is 32.2. The summed E-state index contributed by atoms with van der Waals surface area (Å²) in [5, 5.41) is 18.1. The molecular weight excluding hydrogens is 574 g/mol. The fourth-order valence-corrected chi connectivity index (χ4v) is 5.48. The van der Waals surface area contributed by atoms with Crippen LogP contribution >= 0.6 is 11.8 Å². The van der Waals surface area contributed by atoms with Gasteiger partial charge in [0, 0.05) is 33.5 Å². The first-order valence-electron chi connectivity index (χ1n) is 14.1. The van der Waals surface area contributed by atoms with Crippen molar-refractivity contribution in [2.45, 2.75) is 37.3 Å². The number of para-hydroxylation sites is 1. The molecule has 226 valence electrons. The number of hydrogen-bond donors (Lipinski definition) is 4. The number of carbonyl (C=O) groups excluding carboxylic acids is 3. The fourth-order valence-electron chi connectivity index (χ4n) is 4.46. The van der Waals surface area contributed by atoms with Crippen LogP contribution in [0.4, 0.5) is 11.4 Å². The molecule has 4 rings (SSSR count). The monoisotopic (exact) mass is 609 g/mol. The standard InChI is InChI=1S/C35H35N3O5S/c1-5-31(35(42)38-32-22(2)11-9-12-23(32)3)44-28-16-10-15-26(20-28)36-34(41)29(37-33(40)24-13-7-6-8-14-24)19-25-17-18-27(39)21-30(25)43-4/h6-21,31,39H,5H2,1-4H3,(H,36,41)(H,37,40)(H,38,42)/b29-19+. The van der Waals surface area contributed by atoms with E-state index in [-0.39, 0.29) is 22.6 Å². The number of nitrogens with one attached hydrogen (secondary N) is 3. The summed E-state index contributed by atoms with van der Waals surface area (Å²) in [6.07, 6.45) is 2.09. The molecule has 0 heterocycles. The lowest BCUT2D eigenvalue weighted by Crippen LogP contribution is -2.30. The molecule has 0 aliphatic rings. The second-order valence-electron chi connectivity index (χ2n) is 10.1. The lowest BCUT2D eigenvalue weighted by Gasteiger charge is -2.18. The third-order valence-electron chi connectivity index (χ3n) is 6.81. The third-order valence-corrected chi connectivity index (χ3v) is 8.17. The number of rotatable bonds is 11. The Balaban J connectivity index is 1.55. The molecule has 1 atom stereocenters. The molecule has 0 fully saturated rings. The maximum atomic E-state index is 13.6. The smallest absolute Gasteiger partial charge is 0.272 e. The van der Waals surface area contributed by atoms with Gasteiger partial charge in [-0.15, -0.1) is 11.8 Å². The Morgan fingerprint density at radius 2 is 1.59 bits per heavy atom. The topological polar surface area (TPSA) is 117 Å². The van der Waals surface area contributed by atoms with E-state index in [1.165, 1.54) is 37.1 Å². The van der Waals surface area contributed by atoms with E-state index in [1.807, 2.05) is 45.0 Å². The number of phenolic OH excluding ortho intramolecular Hbond substituents is 1. The number of carbonyl (C=O) groups is 3. The van der Waals surface area contributed by atoms with Gasteiger partial charge in [0.15, 0.2) is 0 Å². The molecule has 44 heavy (non-hydrogen) atoms. The first-order valence-corrected chi connectivity index (χ1v) is 15.0. The van der Waals surface area contributed by atoms with Crippen molar-refractivity contribution in [1.29, 1.82) is 0 Å². The number of amides is 3. The molecular formula is C35H35N3O5S. The van der Waals surface area contributed by atoms with E-state index >= 15 is 0 Å². The molecule has 0 saturated carbocycles. The van der Waals surface area contributed by atoms with Crippen molar-refractivity contribution in [2.75, 3.05) is 17.7 Å². The van der Waals surface area contributed by atoms with E-state index in [1.54, 1.807) is 54.6 Å². The van der Waals surface area contributed by atoms with Crippen LogP contribution < -0.4 is 20.7 Å². The minimum atomic E-state index is -0.564. The van der Waals surface area contributed by atoms with Crippen LogP contribution in [0.2, 0.25) is 0 Å². The summed E-state index contributed by atoms with van der Waals surface area (Å²) in [4.78, 5) is 40.6. The van der Waals surface area contributed by atoms with Crippen LogP contribution in [0.15, 0.2) is 102 Å². The largest absolute Gasteiger partial charge is 0.508 e. The van der Waals surface area contributed by atoms with Gasteiger partial charge in [0.25, 0.3) is 11.8 Å². The summed E-state index contributed by atoms with van der Waals surface area (Å²) in [6, 6.07) is 26.1. The average molecular weight is 610 g/mol. The molecule has 3 amide bonds. The van der Waals surface area contributed by atoms with Crippen molar-refractivity contribution in [3.8, 4) is 11.5 Å². The highest BCUT2D eigenvalue weighted by Gasteiger charge is 2.21. The van der Waals surface area contributed by atoms with Gasteiger partial charge < -0.3 is 25.8 Å². The zero-order valence-electron chi connectivity index (χ0n) is 25.0.